The lowest BCUT2D eigenvalue weighted by Crippen LogP contribution is -2.27. The molecule has 0 aliphatic rings. The number of hydrogen-bond acceptors (Lipinski definition) is 4. The molecule has 0 saturated heterocycles. The molecule has 4 N–H and O–H groups in total. The molecule has 0 bridgehead atoms. The molecule has 1 aromatic rings. The fourth-order valence-corrected chi connectivity index (χ4v) is 1.83. The molecule has 0 unspecified atom stereocenters. The van der Waals surface area contributed by atoms with Gasteiger partial charge in [-0.1, -0.05) is 34.1 Å². The Morgan fingerprint density at radius 1 is 1.35 bits per heavy atom. The van der Waals surface area contributed by atoms with E-state index in [1.165, 1.54) is 0 Å². The molecule has 1 heterocycles. The average molecular weight is 278 g/mol. The third kappa shape index (κ3) is 5.57. The van der Waals surface area contributed by atoms with Gasteiger partial charge in [0.1, 0.15) is 5.82 Å². The van der Waals surface area contributed by atoms with E-state index in [1.54, 1.807) is 6.07 Å². The summed E-state index contributed by atoms with van der Waals surface area (Å²) in [6.45, 7) is 9.20. The number of pyridine rings is 1. The number of aromatic nitrogens is 1. The molecule has 0 spiro atoms. The number of carbonyl (C=O) groups is 1. The maximum absolute atomic E-state index is 12.1. The van der Waals surface area contributed by atoms with E-state index in [4.69, 9.17) is 5.84 Å². The Morgan fingerprint density at radius 2 is 2.05 bits per heavy atom. The molecule has 1 rings (SSSR count). The van der Waals surface area contributed by atoms with E-state index in [0.717, 1.165) is 25.0 Å². The minimum atomic E-state index is -0.0782. The van der Waals surface area contributed by atoms with Crippen molar-refractivity contribution in [2.45, 2.75) is 47.0 Å². The highest BCUT2D eigenvalue weighted by Crippen LogP contribution is 2.17. The Morgan fingerprint density at radius 3 is 2.60 bits per heavy atom. The second-order valence-electron chi connectivity index (χ2n) is 6.19. The van der Waals surface area contributed by atoms with Crippen molar-refractivity contribution in [2.75, 3.05) is 12.0 Å². The van der Waals surface area contributed by atoms with E-state index in [9.17, 15) is 4.79 Å². The quantitative estimate of drug-likeness (QED) is 0.551. The molecule has 0 fully saturated rings. The van der Waals surface area contributed by atoms with Crippen molar-refractivity contribution in [3.8, 4) is 0 Å². The molecule has 0 saturated carbocycles. The summed E-state index contributed by atoms with van der Waals surface area (Å²) in [5, 5.41) is 2.94. The first-order valence-corrected chi connectivity index (χ1v) is 7.11. The van der Waals surface area contributed by atoms with E-state index in [0.29, 0.717) is 17.9 Å². The van der Waals surface area contributed by atoms with Gasteiger partial charge < -0.3 is 10.7 Å². The van der Waals surface area contributed by atoms with Crippen molar-refractivity contribution in [3.05, 3.63) is 23.4 Å². The molecule has 0 aliphatic carbocycles. The minimum absolute atomic E-state index is 0.0782. The number of anilines is 1. The van der Waals surface area contributed by atoms with Gasteiger partial charge in [0.25, 0.3) is 5.91 Å². The number of amides is 1. The van der Waals surface area contributed by atoms with Crippen LogP contribution in [0.5, 0.6) is 0 Å². The highest BCUT2D eigenvalue weighted by molar-refractivity contribution is 5.94. The van der Waals surface area contributed by atoms with Gasteiger partial charge in [-0.05, 0) is 30.4 Å². The standard InChI is InChI=1S/C15H26N4O/c1-5-6-12-9-11(10-13(18-12)19-16)14(20)17-8-7-15(2,3)4/h9-10H,5-8,16H2,1-4H3,(H,17,20)(H,18,19). The van der Waals surface area contributed by atoms with Crippen LogP contribution in [0, 0.1) is 5.41 Å². The summed E-state index contributed by atoms with van der Waals surface area (Å²) in [5.74, 6) is 5.84. The molecule has 5 heteroatoms. The van der Waals surface area contributed by atoms with Crippen LogP contribution in [-0.4, -0.2) is 17.4 Å². The van der Waals surface area contributed by atoms with Gasteiger partial charge >= 0.3 is 0 Å². The van der Waals surface area contributed by atoms with Crippen molar-refractivity contribution in [1.82, 2.24) is 10.3 Å². The van der Waals surface area contributed by atoms with Gasteiger partial charge in [-0.25, -0.2) is 10.8 Å². The number of hydrogen-bond donors (Lipinski definition) is 3. The van der Waals surface area contributed by atoms with Crippen molar-refractivity contribution >= 4 is 11.7 Å². The van der Waals surface area contributed by atoms with Crippen LogP contribution < -0.4 is 16.6 Å². The Bertz CT molecular complexity index is 452. The fraction of sp³-hybridized carbons (Fsp3) is 0.600. The summed E-state index contributed by atoms with van der Waals surface area (Å²) >= 11 is 0. The Kier molecular flexibility index (Phi) is 5.95. The van der Waals surface area contributed by atoms with Crippen molar-refractivity contribution in [2.24, 2.45) is 11.3 Å². The van der Waals surface area contributed by atoms with Gasteiger partial charge in [0.15, 0.2) is 0 Å². The van der Waals surface area contributed by atoms with E-state index < -0.39 is 0 Å². The molecule has 0 radical (unpaired) electrons. The maximum atomic E-state index is 12.1. The van der Waals surface area contributed by atoms with Crippen LogP contribution in [0.4, 0.5) is 5.82 Å². The lowest BCUT2D eigenvalue weighted by atomic mass is 9.92. The van der Waals surface area contributed by atoms with Gasteiger partial charge in [-0.15, -0.1) is 0 Å². The minimum Gasteiger partial charge on any atom is -0.352 e. The van der Waals surface area contributed by atoms with E-state index in [-0.39, 0.29) is 11.3 Å². The second kappa shape index (κ2) is 7.24. The number of nitrogen functional groups attached to an aromatic ring is 1. The maximum Gasteiger partial charge on any atom is 0.251 e. The summed E-state index contributed by atoms with van der Waals surface area (Å²) in [6, 6.07) is 3.50. The van der Waals surface area contributed by atoms with Crippen LogP contribution in [0.1, 0.15) is 56.6 Å². The monoisotopic (exact) mass is 278 g/mol. The molecule has 1 amide bonds. The zero-order chi connectivity index (χ0) is 15.2. The van der Waals surface area contributed by atoms with Crippen LogP contribution in [0.25, 0.3) is 0 Å². The summed E-state index contributed by atoms with van der Waals surface area (Å²) in [5.41, 5.74) is 4.20. The highest BCUT2D eigenvalue weighted by Gasteiger charge is 2.12. The number of nitrogens with zero attached hydrogens (tertiary/aromatic N) is 1. The SMILES string of the molecule is CCCc1cc(C(=O)NCCC(C)(C)C)cc(NN)n1. The summed E-state index contributed by atoms with van der Waals surface area (Å²) in [6.07, 6.45) is 2.75. The first kappa shape index (κ1) is 16.4. The normalized spacial score (nSPS) is 11.2. The zero-order valence-corrected chi connectivity index (χ0v) is 12.9. The summed E-state index contributed by atoms with van der Waals surface area (Å²) < 4.78 is 0. The number of rotatable bonds is 6. The number of nitrogens with two attached hydrogens (primary N) is 1. The summed E-state index contributed by atoms with van der Waals surface area (Å²) in [7, 11) is 0. The van der Waals surface area contributed by atoms with E-state index in [1.807, 2.05) is 6.07 Å². The lowest BCUT2D eigenvalue weighted by Gasteiger charge is -2.18. The molecule has 0 aliphatic heterocycles. The Hall–Kier alpha value is -1.62. The highest BCUT2D eigenvalue weighted by atomic mass is 16.1. The molecular formula is C15H26N4O. The third-order valence-electron chi connectivity index (χ3n) is 2.96. The van der Waals surface area contributed by atoms with Gasteiger partial charge in [0.05, 0.1) is 0 Å². The molecule has 5 nitrogen and oxygen atoms in total. The lowest BCUT2D eigenvalue weighted by molar-refractivity contribution is 0.0949. The van der Waals surface area contributed by atoms with Crippen LogP contribution in [0.15, 0.2) is 12.1 Å². The molecular weight excluding hydrogens is 252 g/mol. The van der Waals surface area contributed by atoms with E-state index in [2.05, 4.69) is 43.4 Å². The second-order valence-corrected chi connectivity index (χ2v) is 6.19. The van der Waals surface area contributed by atoms with Crippen molar-refractivity contribution < 1.29 is 4.79 Å². The third-order valence-corrected chi connectivity index (χ3v) is 2.96. The van der Waals surface area contributed by atoms with Crippen molar-refractivity contribution in [1.29, 1.82) is 0 Å². The van der Waals surface area contributed by atoms with Crippen LogP contribution in [0.2, 0.25) is 0 Å². The number of nitrogens with one attached hydrogen (secondary N) is 2. The number of hydrazine groups is 1. The van der Waals surface area contributed by atoms with Gasteiger partial charge in [-0.3, -0.25) is 4.79 Å². The van der Waals surface area contributed by atoms with Crippen LogP contribution >= 0.6 is 0 Å². The zero-order valence-electron chi connectivity index (χ0n) is 12.9. The van der Waals surface area contributed by atoms with Gasteiger partial charge in [0.2, 0.25) is 0 Å². The number of carbonyl (C=O) groups excluding carboxylic acids is 1. The first-order valence-electron chi connectivity index (χ1n) is 7.11. The fourth-order valence-electron chi connectivity index (χ4n) is 1.83. The van der Waals surface area contributed by atoms with Crippen LogP contribution in [-0.2, 0) is 6.42 Å². The molecule has 0 aromatic carbocycles. The average Bonchev–Trinajstić information content (AvgIpc) is 2.37. The molecule has 1 aromatic heterocycles. The molecule has 112 valence electrons. The van der Waals surface area contributed by atoms with Gasteiger partial charge in [-0.2, -0.15) is 0 Å². The Labute approximate surface area is 121 Å². The smallest absolute Gasteiger partial charge is 0.251 e. The Balaban J connectivity index is 2.73. The van der Waals surface area contributed by atoms with Crippen molar-refractivity contribution in [3.63, 3.8) is 0 Å². The summed E-state index contributed by atoms with van der Waals surface area (Å²) in [4.78, 5) is 16.5. The predicted octanol–water partition coefficient (Wildman–Crippen LogP) is 2.49. The predicted molar refractivity (Wildman–Crippen MR) is 82.4 cm³/mol. The molecule has 0 atom stereocenters. The van der Waals surface area contributed by atoms with Gasteiger partial charge in [0, 0.05) is 17.8 Å². The first-order chi connectivity index (χ1) is 9.35. The topological polar surface area (TPSA) is 80.0 Å². The largest absolute Gasteiger partial charge is 0.352 e. The molecule has 20 heavy (non-hydrogen) atoms. The van der Waals surface area contributed by atoms with Crippen LogP contribution in [0.3, 0.4) is 0 Å². The van der Waals surface area contributed by atoms with E-state index >= 15 is 0 Å². The number of aryl methyl sites for hydroxylation is 1.